The van der Waals surface area contributed by atoms with Crippen LogP contribution in [0.25, 0.3) is 16.9 Å². The first kappa shape index (κ1) is 12.6. The highest BCUT2D eigenvalue weighted by molar-refractivity contribution is 9.10. The molecule has 1 aromatic carbocycles. The SMILES string of the molecule is C[S+]([O-])c1nn(-c2ncc(Br)cn2)c2c[c]ccc12. The number of halogens is 1. The Kier molecular flexibility index (Phi) is 3.26. The van der Waals surface area contributed by atoms with Crippen LogP contribution in [0, 0.1) is 6.07 Å². The maximum Gasteiger partial charge on any atom is 0.271 e. The molecule has 0 aliphatic rings. The molecule has 3 rings (SSSR count). The Labute approximate surface area is 121 Å². The molecule has 0 saturated carbocycles. The lowest BCUT2D eigenvalue weighted by Gasteiger charge is -2.00. The van der Waals surface area contributed by atoms with Crippen LogP contribution < -0.4 is 0 Å². The summed E-state index contributed by atoms with van der Waals surface area (Å²) in [5.74, 6) is 0.435. The lowest BCUT2D eigenvalue weighted by molar-refractivity contribution is 0.595. The molecular weight excluding hydrogens is 328 g/mol. The summed E-state index contributed by atoms with van der Waals surface area (Å²) in [6.45, 7) is 0. The highest BCUT2D eigenvalue weighted by Crippen LogP contribution is 2.23. The summed E-state index contributed by atoms with van der Waals surface area (Å²) in [4.78, 5) is 8.40. The van der Waals surface area contributed by atoms with E-state index in [9.17, 15) is 4.55 Å². The molecule has 0 N–H and O–H groups in total. The minimum Gasteiger partial charge on any atom is -0.610 e. The van der Waals surface area contributed by atoms with Gasteiger partial charge in [-0.05, 0) is 34.1 Å². The fraction of sp³-hybridized carbons (Fsp3) is 0.0833. The third-order valence-corrected chi connectivity index (χ3v) is 3.82. The molecule has 19 heavy (non-hydrogen) atoms. The Morgan fingerprint density at radius 1 is 1.37 bits per heavy atom. The zero-order chi connectivity index (χ0) is 13.4. The van der Waals surface area contributed by atoms with Gasteiger partial charge in [-0.15, -0.1) is 5.10 Å². The number of nitrogens with zero attached hydrogens (tertiary/aromatic N) is 4. The van der Waals surface area contributed by atoms with Crippen LogP contribution in [0.5, 0.6) is 0 Å². The average Bonchev–Trinajstić information content (AvgIpc) is 2.79. The predicted molar refractivity (Wildman–Crippen MR) is 75.5 cm³/mol. The summed E-state index contributed by atoms with van der Waals surface area (Å²) in [6, 6.07) is 8.38. The zero-order valence-electron chi connectivity index (χ0n) is 9.87. The topological polar surface area (TPSA) is 66.7 Å². The molecule has 0 aliphatic carbocycles. The summed E-state index contributed by atoms with van der Waals surface area (Å²) in [5, 5.41) is 5.69. The Morgan fingerprint density at radius 2 is 2.11 bits per heavy atom. The van der Waals surface area contributed by atoms with Crippen LogP contribution in [0.15, 0.2) is 40.1 Å². The minimum absolute atomic E-state index is 0.435. The molecule has 0 bridgehead atoms. The van der Waals surface area contributed by atoms with Crippen LogP contribution in [0.2, 0.25) is 0 Å². The van der Waals surface area contributed by atoms with E-state index < -0.39 is 11.2 Å². The van der Waals surface area contributed by atoms with E-state index in [-0.39, 0.29) is 0 Å². The van der Waals surface area contributed by atoms with Crippen molar-refractivity contribution in [2.24, 2.45) is 0 Å². The van der Waals surface area contributed by atoms with E-state index in [1.165, 1.54) is 0 Å². The van der Waals surface area contributed by atoms with Crippen LogP contribution in [0.4, 0.5) is 0 Å². The number of aromatic nitrogens is 4. The number of fused-ring (bicyclic) bond motifs is 1. The molecule has 2 heterocycles. The molecule has 1 atom stereocenters. The van der Waals surface area contributed by atoms with Gasteiger partial charge in [-0.3, -0.25) is 0 Å². The monoisotopic (exact) mass is 335 g/mol. The molecule has 0 amide bonds. The van der Waals surface area contributed by atoms with E-state index >= 15 is 0 Å². The molecule has 7 heteroatoms. The second-order valence-corrected chi connectivity index (χ2v) is 6.03. The molecule has 0 saturated heterocycles. The van der Waals surface area contributed by atoms with Gasteiger partial charge in [-0.2, -0.15) is 4.68 Å². The Bertz CT molecular complexity index is 726. The van der Waals surface area contributed by atoms with Gasteiger partial charge < -0.3 is 4.55 Å². The van der Waals surface area contributed by atoms with Crippen molar-refractivity contribution in [1.82, 2.24) is 19.7 Å². The summed E-state index contributed by atoms with van der Waals surface area (Å²) >= 11 is 2.12. The third kappa shape index (κ3) is 2.24. The Balaban J connectivity index is 2.26. The first-order valence-electron chi connectivity index (χ1n) is 5.37. The average molecular weight is 336 g/mol. The highest BCUT2D eigenvalue weighted by Gasteiger charge is 2.19. The zero-order valence-corrected chi connectivity index (χ0v) is 12.3. The van der Waals surface area contributed by atoms with Gasteiger partial charge in [0, 0.05) is 23.6 Å². The fourth-order valence-corrected chi connectivity index (χ4v) is 2.64. The summed E-state index contributed by atoms with van der Waals surface area (Å²) in [7, 11) is 0. The number of benzene rings is 1. The minimum atomic E-state index is -1.17. The van der Waals surface area contributed by atoms with Crippen molar-refractivity contribution in [1.29, 1.82) is 0 Å². The van der Waals surface area contributed by atoms with Gasteiger partial charge >= 0.3 is 0 Å². The van der Waals surface area contributed by atoms with E-state index in [0.717, 1.165) is 15.4 Å². The first-order chi connectivity index (χ1) is 9.16. The van der Waals surface area contributed by atoms with Crippen molar-refractivity contribution in [2.75, 3.05) is 6.26 Å². The van der Waals surface area contributed by atoms with E-state index in [1.54, 1.807) is 35.5 Å². The van der Waals surface area contributed by atoms with Gasteiger partial charge in [0.1, 0.15) is 6.26 Å². The summed E-state index contributed by atoms with van der Waals surface area (Å²) in [5.41, 5.74) is 0.787. The quantitative estimate of drug-likeness (QED) is 0.673. The van der Waals surface area contributed by atoms with Crippen LogP contribution >= 0.6 is 15.9 Å². The van der Waals surface area contributed by atoms with E-state index in [1.807, 2.05) is 6.07 Å². The van der Waals surface area contributed by atoms with Gasteiger partial charge in [0.15, 0.2) is 0 Å². The normalized spacial score (nSPS) is 12.8. The summed E-state index contributed by atoms with van der Waals surface area (Å²) in [6.07, 6.45) is 4.89. The molecule has 0 spiro atoms. The first-order valence-corrected chi connectivity index (χ1v) is 7.72. The van der Waals surface area contributed by atoms with Crippen LogP contribution in [-0.4, -0.2) is 30.6 Å². The van der Waals surface area contributed by atoms with E-state index in [0.29, 0.717) is 11.0 Å². The van der Waals surface area contributed by atoms with Crippen molar-refractivity contribution in [2.45, 2.75) is 5.03 Å². The predicted octanol–water partition coefficient (Wildman–Crippen LogP) is 2.12. The number of rotatable bonds is 2. The van der Waals surface area contributed by atoms with Gasteiger partial charge in [0.2, 0.25) is 0 Å². The molecule has 0 fully saturated rings. The molecule has 95 valence electrons. The van der Waals surface area contributed by atoms with Crippen molar-refractivity contribution in [3.63, 3.8) is 0 Å². The molecule has 1 radical (unpaired) electrons. The lowest BCUT2D eigenvalue weighted by atomic mass is 10.2. The second-order valence-electron chi connectivity index (χ2n) is 3.82. The van der Waals surface area contributed by atoms with Crippen LogP contribution in [0.1, 0.15) is 0 Å². The van der Waals surface area contributed by atoms with Gasteiger partial charge in [-0.1, -0.05) is 6.07 Å². The van der Waals surface area contributed by atoms with Crippen molar-refractivity contribution < 1.29 is 4.55 Å². The molecule has 5 nitrogen and oxygen atoms in total. The third-order valence-electron chi connectivity index (χ3n) is 2.56. The van der Waals surface area contributed by atoms with Crippen molar-refractivity contribution >= 4 is 38.0 Å². The molecule has 3 aromatic rings. The Hall–Kier alpha value is -1.44. The number of hydrogen-bond acceptors (Lipinski definition) is 4. The highest BCUT2D eigenvalue weighted by atomic mass is 79.9. The maximum absolute atomic E-state index is 11.7. The Morgan fingerprint density at radius 3 is 2.79 bits per heavy atom. The largest absolute Gasteiger partial charge is 0.610 e. The molecular formula is C12H8BrN4OS. The van der Waals surface area contributed by atoms with Crippen molar-refractivity contribution in [3.8, 4) is 5.95 Å². The summed E-state index contributed by atoms with van der Waals surface area (Å²) < 4.78 is 14.1. The van der Waals surface area contributed by atoms with Gasteiger partial charge in [0.25, 0.3) is 11.0 Å². The van der Waals surface area contributed by atoms with Crippen LogP contribution in [0.3, 0.4) is 0 Å². The molecule has 1 unspecified atom stereocenters. The van der Waals surface area contributed by atoms with Gasteiger partial charge in [0.05, 0.1) is 15.4 Å². The number of hydrogen-bond donors (Lipinski definition) is 0. The van der Waals surface area contributed by atoms with Crippen molar-refractivity contribution in [3.05, 3.63) is 41.1 Å². The van der Waals surface area contributed by atoms with Gasteiger partial charge in [-0.25, -0.2) is 9.97 Å². The molecule has 0 aliphatic heterocycles. The maximum atomic E-state index is 11.7. The lowest BCUT2D eigenvalue weighted by Crippen LogP contribution is -2.04. The molecule has 2 aromatic heterocycles. The van der Waals surface area contributed by atoms with Crippen LogP contribution in [-0.2, 0) is 11.2 Å². The standard InChI is InChI=1S/C12H8BrN4OS/c1-19(18)11-9-4-2-3-5-10(9)17(16-11)12-14-6-8(13)7-15-12/h2,4-7H,1H3. The second kappa shape index (κ2) is 4.92. The smallest absolute Gasteiger partial charge is 0.271 e. The fourth-order valence-electron chi connectivity index (χ4n) is 1.76. The van der Waals surface area contributed by atoms with E-state index in [4.69, 9.17) is 0 Å². The van der Waals surface area contributed by atoms with E-state index in [2.05, 4.69) is 37.1 Å².